The van der Waals surface area contributed by atoms with Gasteiger partial charge in [-0.3, -0.25) is 9.36 Å². The molecule has 0 radical (unpaired) electrons. The van der Waals surface area contributed by atoms with E-state index in [1.807, 2.05) is 43.3 Å². The van der Waals surface area contributed by atoms with E-state index in [4.69, 9.17) is 14.5 Å². The molecule has 37 heavy (non-hydrogen) atoms. The number of allylic oxidation sites excluding steroid dienone is 1. The van der Waals surface area contributed by atoms with Crippen molar-refractivity contribution in [2.75, 3.05) is 13.7 Å². The summed E-state index contributed by atoms with van der Waals surface area (Å²) < 4.78 is 14.0. The lowest BCUT2D eigenvalue weighted by molar-refractivity contribution is -0.139. The van der Waals surface area contributed by atoms with E-state index >= 15 is 0 Å². The number of thiazole rings is 1. The van der Waals surface area contributed by atoms with Crippen LogP contribution in [0.5, 0.6) is 5.75 Å². The number of nitrogens with zero attached hydrogens (tertiary/aromatic N) is 2. The smallest absolute Gasteiger partial charge is 0.338 e. The maximum Gasteiger partial charge on any atom is 0.338 e. The van der Waals surface area contributed by atoms with E-state index in [0.29, 0.717) is 38.7 Å². The van der Waals surface area contributed by atoms with Crippen molar-refractivity contribution in [3.05, 3.63) is 94.6 Å². The Labute approximate surface area is 229 Å². The quantitative estimate of drug-likeness (QED) is 0.330. The van der Waals surface area contributed by atoms with Crippen molar-refractivity contribution < 1.29 is 14.3 Å². The van der Waals surface area contributed by atoms with Crippen LogP contribution in [0, 0.1) is 0 Å². The summed E-state index contributed by atoms with van der Waals surface area (Å²) >= 11 is 4.82. The maximum absolute atomic E-state index is 13.9. The summed E-state index contributed by atoms with van der Waals surface area (Å²) in [5.41, 5.74) is 3.71. The molecule has 6 nitrogen and oxygen atoms in total. The van der Waals surface area contributed by atoms with Gasteiger partial charge in [-0.1, -0.05) is 78.7 Å². The molecule has 0 amide bonds. The lowest BCUT2D eigenvalue weighted by atomic mass is 9.92. The first-order valence-electron chi connectivity index (χ1n) is 12.4. The number of aromatic nitrogens is 1. The van der Waals surface area contributed by atoms with Gasteiger partial charge in [-0.05, 0) is 54.7 Å². The standard InChI is InChI=1S/C29H31BrN2O4S/c1-6-8-22-25(28(34)36-7-2)26(19-11-9-18(10-12-19)17(3)4)32-27(33)24(37-29(32)31-22)16-20-15-21(30)13-14-23(20)35-5/h9-17,26H,6-8H2,1-5H3/b24-16-/t26-/m1/s1. The molecule has 0 spiro atoms. The molecule has 0 saturated heterocycles. The zero-order chi connectivity index (χ0) is 26.7. The zero-order valence-corrected chi connectivity index (χ0v) is 24.1. The first-order valence-corrected chi connectivity index (χ1v) is 14.0. The second-order valence-electron chi connectivity index (χ2n) is 9.12. The molecule has 0 aliphatic carbocycles. The van der Waals surface area contributed by atoms with Crippen molar-refractivity contribution in [2.45, 2.75) is 52.5 Å². The number of hydrogen-bond acceptors (Lipinski definition) is 6. The molecule has 3 aromatic rings. The Morgan fingerprint density at radius 3 is 2.54 bits per heavy atom. The zero-order valence-electron chi connectivity index (χ0n) is 21.7. The molecular weight excluding hydrogens is 552 g/mol. The summed E-state index contributed by atoms with van der Waals surface area (Å²) in [6.07, 6.45) is 3.24. The van der Waals surface area contributed by atoms with Crippen LogP contribution < -0.4 is 19.6 Å². The molecule has 0 N–H and O–H groups in total. The van der Waals surface area contributed by atoms with E-state index in [2.05, 4.69) is 41.9 Å². The van der Waals surface area contributed by atoms with E-state index in [0.717, 1.165) is 22.0 Å². The summed E-state index contributed by atoms with van der Waals surface area (Å²) in [5.74, 6) is 0.594. The second-order valence-corrected chi connectivity index (χ2v) is 11.0. The summed E-state index contributed by atoms with van der Waals surface area (Å²) in [6.45, 7) is 8.35. The summed E-state index contributed by atoms with van der Waals surface area (Å²) in [7, 11) is 1.60. The predicted molar refractivity (Wildman–Crippen MR) is 151 cm³/mol. The van der Waals surface area contributed by atoms with Crippen LogP contribution in [-0.2, 0) is 9.53 Å². The third-order valence-electron chi connectivity index (χ3n) is 6.29. The highest BCUT2D eigenvalue weighted by molar-refractivity contribution is 9.10. The van der Waals surface area contributed by atoms with Gasteiger partial charge < -0.3 is 9.47 Å². The van der Waals surface area contributed by atoms with Gasteiger partial charge in [0.25, 0.3) is 5.56 Å². The number of rotatable bonds is 8. The van der Waals surface area contributed by atoms with Crippen LogP contribution in [0.15, 0.2) is 68.0 Å². The summed E-state index contributed by atoms with van der Waals surface area (Å²) in [5, 5.41) is 0. The number of halogens is 1. The van der Waals surface area contributed by atoms with Gasteiger partial charge in [-0.2, -0.15) is 0 Å². The molecule has 0 fully saturated rings. The maximum atomic E-state index is 13.9. The lowest BCUT2D eigenvalue weighted by Crippen LogP contribution is -2.40. The summed E-state index contributed by atoms with van der Waals surface area (Å²) in [6, 6.07) is 13.2. The third kappa shape index (κ3) is 5.50. The first-order chi connectivity index (χ1) is 17.8. The van der Waals surface area contributed by atoms with E-state index < -0.39 is 12.0 Å². The Hall–Kier alpha value is -2.97. The van der Waals surface area contributed by atoms with Crippen molar-refractivity contribution in [1.29, 1.82) is 0 Å². The highest BCUT2D eigenvalue weighted by atomic mass is 79.9. The third-order valence-corrected chi connectivity index (χ3v) is 7.77. The lowest BCUT2D eigenvalue weighted by Gasteiger charge is -2.26. The number of ether oxygens (including phenoxy) is 2. The highest BCUT2D eigenvalue weighted by Crippen LogP contribution is 2.33. The largest absolute Gasteiger partial charge is 0.496 e. The van der Waals surface area contributed by atoms with Gasteiger partial charge in [0.1, 0.15) is 5.75 Å². The van der Waals surface area contributed by atoms with Crippen LogP contribution in [0.1, 0.15) is 69.2 Å². The minimum absolute atomic E-state index is 0.207. The fourth-order valence-electron chi connectivity index (χ4n) is 4.46. The number of carbonyl (C=O) groups is 1. The second kappa shape index (κ2) is 11.6. The molecule has 4 rings (SSSR count). The van der Waals surface area contributed by atoms with Crippen molar-refractivity contribution in [2.24, 2.45) is 4.99 Å². The molecule has 0 unspecified atom stereocenters. The molecule has 1 aliphatic rings. The Bertz CT molecular complexity index is 1520. The van der Waals surface area contributed by atoms with Crippen LogP contribution in [0.25, 0.3) is 6.08 Å². The van der Waals surface area contributed by atoms with Gasteiger partial charge in [0.15, 0.2) is 4.80 Å². The topological polar surface area (TPSA) is 69.9 Å². The van der Waals surface area contributed by atoms with Gasteiger partial charge in [0.05, 0.1) is 35.6 Å². The van der Waals surface area contributed by atoms with E-state index in [1.54, 1.807) is 18.6 Å². The molecule has 1 aliphatic heterocycles. The SMILES string of the molecule is CCCC1=C(C(=O)OCC)[C@@H](c2ccc(C(C)C)cc2)n2c(s/c(=C\c3cc(Br)ccc3OC)c2=O)=N1. The molecule has 0 saturated carbocycles. The Kier molecular flexibility index (Phi) is 8.49. The van der Waals surface area contributed by atoms with Gasteiger partial charge in [-0.15, -0.1) is 0 Å². The highest BCUT2D eigenvalue weighted by Gasteiger charge is 2.34. The Balaban J connectivity index is 2.00. The number of esters is 1. The Morgan fingerprint density at radius 2 is 1.92 bits per heavy atom. The van der Waals surface area contributed by atoms with E-state index in [1.165, 1.54) is 16.9 Å². The van der Waals surface area contributed by atoms with Crippen molar-refractivity contribution >= 4 is 39.3 Å². The number of benzene rings is 2. The fourth-order valence-corrected chi connectivity index (χ4v) is 5.85. The monoisotopic (exact) mass is 582 g/mol. The molecule has 1 atom stereocenters. The van der Waals surface area contributed by atoms with E-state index in [9.17, 15) is 9.59 Å². The van der Waals surface area contributed by atoms with Crippen LogP contribution in [0.2, 0.25) is 0 Å². The number of hydrogen-bond donors (Lipinski definition) is 0. The minimum Gasteiger partial charge on any atom is -0.496 e. The van der Waals surface area contributed by atoms with Gasteiger partial charge >= 0.3 is 5.97 Å². The fraction of sp³-hybridized carbons (Fsp3) is 0.345. The predicted octanol–water partition coefficient (Wildman–Crippen LogP) is 5.47. The van der Waals surface area contributed by atoms with Crippen LogP contribution in [-0.4, -0.2) is 24.3 Å². The number of carbonyl (C=O) groups excluding carboxylic acids is 1. The molecule has 1 aromatic heterocycles. The van der Waals surface area contributed by atoms with E-state index in [-0.39, 0.29) is 12.2 Å². The normalized spacial score (nSPS) is 15.5. The molecule has 2 heterocycles. The molecule has 8 heteroatoms. The van der Waals surface area contributed by atoms with Gasteiger partial charge in [0.2, 0.25) is 0 Å². The van der Waals surface area contributed by atoms with Crippen LogP contribution in [0.3, 0.4) is 0 Å². The van der Waals surface area contributed by atoms with Crippen LogP contribution >= 0.6 is 27.3 Å². The molecule has 0 bridgehead atoms. The molecular formula is C29H31BrN2O4S. The molecule has 2 aromatic carbocycles. The van der Waals surface area contributed by atoms with Crippen molar-refractivity contribution in [1.82, 2.24) is 4.57 Å². The van der Waals surface area contributed by atoms with Gasteiger partial charge in [-0.25, -0.2) is 9.79 Å². The molecule has 194 valence electrons. The Morgan fingerprint density at radius 1 is 1.19 bits per heavy atom. The number of methoxy groups -OCH3 is 1. The van der Waals surface area contributed by atoms with Gasteiger partial charge in [0, 0.05) is 10.0 Å². The average Bonchev–Trinajstić information content (AvgIpc) is 3.18. The van der Waals surface area contributed by atoms with Crippen LogP contribution in [0.4, 0.5) is 0 Å². The van der Waals surface area contributed by atoms with Crippen molar-refractivity contribution in [3.8, 4) is 5.75 Å². The summed E-state index contributed by atoms with van der Waals surface area (Å²) in [4.78, 5) is 32.6. The minimum atomic E-state index is -0.621. The number of fused-ring (bicyclic) bond motifs is 1. The van der Waals surface area contributed by atoms with Crippen molar-refractivity contribution in [3.63, 3.8) is 0 Å². The average molecular weight is 584 g/mol. The first kappa shape index (κ1) is 27.1.